The van der Waals surface area contributed by atoms with Gasteiger partial charge >= 0.3 is 0 Å². The molecule has 0 amide bonds. The summed E-state index contributed by atoms with van der Waals surface area (Å²) in [6, 6.07) is 0. The molecule has 0 fully saturated rings. The van der Waals surface area contributed by atoms with Crippen LogP contribution in [0.4, 0.5) is 0 Å². The van der Waals surface area contributed by atoms with Gasteiger partial charge in [-0.2, -0.15) is 0 Å². The summed E-state index contributed by atoms with van der Waals surface area (Å²) in [5.74, 6) is 0. The molecule has 0 aliphatic heterocycles. The van der Waals surface area contributed by atoms with Gasteiger partial charge in [0.25, 0.3) is 0 Å². The van der Waals surface area contributed by atoms with Crippen molar-refractivity contribution in [1.29, 1.82) is 0 Å². The smallest absolute Gasteiger partial charge is 0.156 e. The van der Waals surface area contributed by atoms with Crippen LogP contribution < -0.4 is 0 Å². The minimum atomic E-state index is -0.0562. The topological polar surface area (TPSA) is 61.8 Å². The van der Waals surface area contributed by atoms with Crippen LogP contribution in [0.15, 0.2) is 6.20 Å². The van der Waals surface area contributed by atoms with Crippen molar-refractivity contribution in [2.24, 2.45) is 0 Å². The fourth-order valence-corrected chi connectivity index (χ4v) is 1.32. The van der Waals surface area contributed by atoms with Crippen LogP contribution in [-0.2, 0) is 6.61 Å². The molecule has 2 aromatic rings. The van der Waals surface area contributed by atoms with Gasteiger partial charge in [0, 0.05) is 6.20 Å². The number of rotatable bonds is 1. The normalized spacial score (nSPS) is 11.0. The van der Waals surface area contributed by atoms with Crippen molar-refractivity contribution in [3.8, 4) is 0 Å². The molecule has 2 aromatic heterocycles. The summed E-state index contributed by atoms with van der Waals surface area (Å²) >= 11 is 0. The number of aromatic nitrogens is 3. The van der Waals surface area contributed by atoms with E-state index in [1.807, 2.05) is 20.0 Å². The Morgan fingerprint density at radius 3 is 2.85 bits per heavy atom. The zero-order valence-corrected chi connectivity index (χ0v) is 7.63. The molecule has 0 atom stereocenters. The highest BCUT2D eigenvalue weighted by Gasteiger charge is 2.06. The number of aliphatic hydroxyl groups is 1. The summed E-state index contributed by atoms with van der Waals surface area (Å²) in [5.41, 5.74) is 4.10. The Hall–Kier alpha value is -1.42. The molecule has 13 heavy (non-hydrogen) atoms. The Morgan fingerprint density at radius 2 is 2.15 bits per heavy atom. The van der Waals surface area contributed by atoms with E-state index < -0.39 is 0 Å². The Morgan fingerprint density at radius 1 is 1.38 bits per heavy atom. The fourth-order valence-electron chi connectivity index (χ4n) is 1.32. The lowest BCUT2D eigenvalue weighted by molar-refractivity contribution is 0.276. The summed E-state index contributed by atoms with van der Waals surface area (Å²) < 4.78 is 0. The molecule has 0 aliphatic rings. The van der Waals surface area contributed by atoms with Crippen molar-refractivity contribution in [2.75, 3.05) is 0 Å². The number of nitrogens with zero attached hydrogens (tertiary/aromatic N) is 2. The van der Waals surface area contributed by atoms with Crippen LogP contribution in [0.5, 0.6) is 0 Å². The lowest BCUT2D eigenvalue weighted by Crippen LogP contribution is -1.97. The predicted octanol–water partition coefficient (Wildman–Crippen LogP) is 1.07. The maximum Gasteiger partial charge on any atom is 0.156 e. The molecule has 4 heteroatoms. The van der Waals surface area contributed by atoms with Gasteiger partial charge in [0.05, 0.1) is 18.0 Å². The third-order valence-corrected chi connectivity index (χ3v) is 2.12. The second kappa shape index (κ2) is 2.81. The van der Waals surface area contributed by atoms with Crippen molar-refractivity contribution >= 4 is 11.2 Å². The molecule has 0 aliphatic carbocycles. The molecule has 0 bridgehead atoms. The molecule has 0 spiro atoms. The van der Waals surface area contributed by atoms with E-state index in [1.54, 1.807) is 0 Å². The second-order valence-electron chi connectivity index (χ2n) is 3.08. The van der Waals surface area contributed by atoms with E-state index in [1.165, 1.54) is 0 Å². The standard InChI is InChI=1S/C9H11N3O/c1-5-3-10-9-8(5)12-7(4-13)6(2)11-9/h3,13H,4H2,1-2H3,(H,10,11). The van der Waals surface area contributed by atoms with E-state index in [9.17, 15) is 0 Å². The van der Waals surface area contributed by atoms with Crippen molar-refractivity contribution in [2.45, 2.75) is 20.5 Å². The Labute approximate surface area is 75.7 Å². The van der Waals surface area contributed by atoms with Gasteiger partial charge in [-0.25, -0.2) is 9.97 Å². The largest absolute Gasteiger partial charge is 0.390 e. The van der Waals surface area contributed by atoms with Gasteiger partial charge in [0.1, 0.15) is 5.52 Å². The second-order valence-corrected chi connectivity index (χ2v) is 3.08. The zero-order valence-electron chi connectivity index (χ0n) is 7.63. The number of hydrogen-bond donors (Lipinski definition) is 2. The van der Waals surface area contributed by atoms with Crippen LogP contribution in [0.3, 0.4) is 0 Å². The molecule has 68 valence electrons. The number of fused-ring (bicyclic) bond motifs is 1. The summed E-state index contributed by atoms with van der Waals surface area (Å²) in [6.45, 7) is 3.75. The lowest BCUT2D eigenvalue weighted by Gasteiger charge is -2.00. The maximum atomic E-state index is 8.99. The maximum absolute atomic E-state index is 8.99. The third-order valence-electron chi connectivity index (χ3n) is 2.12. The number of aromatic amines is 1. The Kier molecular flexibility index (Phi) is 1.77. The van der Waals surface area contributed by atoms with Gasteiger partial charge in [0.15, 0.2) is 5.65 Å². The van der Waals surface area contributed by atoms with Crippen molar-refractivity contribution in [1.82, 2.24) is 15.0 Å². The Bertz CT molecular complexity index is 447. The first-order valence-electron chi connectivity index (χ1n) is 4.14. The van der Waals surface area contributed by atoms with E-state index in [0.717, 1.165) is 22.4 Å². The van der Waals surface area contributed by atoms with Gasteiger partial charge in [0.2, 0.25) is 0 Å². The molecule has 2 N–H and O–H groups in total. The molecule has 2 rings (SSSR count). The molecular formula is C9H11N3O. The predicted molar refractivity (Wildman–Crippen MR) is 49.3 cm³/mol. The highest BCUT2D eigenvalue weighted by Crippen LogP contribution is 2.14. The number of aliphatic hydroxyl groups excluding tert-OH is 1. The molecule has 0 unspecified atom stereocenters. The van der Waals surface area contributed by atoms with Gasteiger partial charge in [-0.1, -0.05) is 0 Å². The van der Waals surface area contributed by atoms with Gasteiger partial charge in [-0.05, 0) is 19.4 Å². The summed E-state index contributed by atoms with van der Waals surface area (Å²) in [5, 5.41) is 8.99. The van der Waals surface area contributed by atoms with Gasteiger partial charge in [-0.3, -0.25) is 0 Å². The number of aryl methyl sites for hydroxylation is 2. The summed E-state index contributed by atoms with van der Waals surface area (Å²) in [7, 11) is 0. The van der Waals surface area contributed by atoms with Crippen LogP contribution >= 0.6 is 0 Å². The van der Waals surface area contributed by atoms with Crippen LogP contribution in [0.2, 0.25) is 0 Å². The summed E-state index contributed by atoms with van der Waals surface area (Å²) in [4.78, 5) is 11.6. The number of nitrogens with one attached hydrogen (secondary N) is 1. The number of H-pyrrole nitrogens is 1. The van der Waals surface area contributed by atoms with E-state index in [2.05, 4.69) is 15.0 Å². The third kappa shape index (κ3) is 1.19. The van der Waals surface area contributed by atoms with Crippen molar-refractivity contribution in [3.05, 3.63) is 23.1 Å². The van der Waals surface area contributed by atoms with Crippen molar-refractivity contribution in [3.63, 3.8) is 0 Å². The molecule has 0 saturated carbocycles. The summed E-state index contributed by atoms with van der Waals surface area (Å²) in [6.07, 6.45) is 1.87. The molecule has 4 nitrogen and oxygen atoms in total. The SMILES string of the molecule is Cc1nc2[nH]cc(C)c2nc1CO. The first-order chi connectivity index (χ1) is 6.22. The minimum Gasteiger partial charge on any atom is -0.390 e. The molecular weight excluding hydrogens is 166 g/mol. The highest BCUT2D eigenvalue weighted by molar-refractivity contribution is 5.74. The Balaban J connectivity index is 2.77. The molecule has 0 saturated heterocycles. The zero-order chi connectivity index (χ0) is 9.42. The first-order valence-corrected chi connectivity index (χ1v) is 4.14. The minimum absolute atomic E-state index is 0.0562. The van der Waals surface area contributed by atoms with E-state index in [0.29, 0.717) is 5.69 Å². The quantitative estimate of drug-likeness (QED) is 0.684. The van der Waals surface area contributed by atoms with E-state index >= 15 is 0 Å². The first kappa shape index (κ1) is 8.19. The highest BCUT2D eigenvalue weighted by atomic mass is 16.3. The average molecular weight is 177 g/mol. The van der Waals surface area contributed by atoms with Gasteiger partial charge < -0.3 is 10.1 Å². The average Bonchev–Trinajstić information content (AvgIpc) is 2.46. The van der Waals surface area contributed by atoms with E-state index in [4.69, 9.17) is 5.11 Å². The van der Waals surface area contributed by atoms with Crippen LogP contribution in [0, 0.1) is 13.8 Å². The molecule has 0 radical (unpaired) electrons. The van der Waals surface area contributed by atoms with Crippen LogP contribution in [0.25, 0.3) is 11.2 Å². The monoisotopic (exact) mass is 177 g/mol. The van der Waals surface area contributed by atoms with Gasteiger partial charge in [-0.15, -0.1) is 0 Å². The van der Waals surface area contributed by atoms with Crippen molar-refractivity contribution < 1.29 is 5.11 Å². The fraction of sp³-hybridized carbons (Fsp3) is 0.333. The van der Waals surface area contributed by atoms with Crippen LogP contribution in [0.1, 0.15) is 17.0 Å². The van der Waals surface area contributed by atoms with Crippen LogP contribution in [-0.4, -0.2) is 20.1 Å². The number of hydrogen-bond acceptors (Lipinski definition) is 3. The van der Waals surface area contributed by atoms with E-state index in [-0.39, 0.29) is 6.61 Å². The molecule has 0 aromatic carbocycles. The molecule has 2 heterocycles. The lowest BCUT2D eigenvalue weighted by atomic mass is 10.3.